The standard InChI is InChI=1S/C20H20N6O4/c1-14-22-13-19(26(28)29)25(14)10-11-30-18-8-2-15(3-9-18)12-23-24-20(27)16-4-6-17(21)7-5-16/h2-9,12-13H,10-11,21H2,1H3,(H,24,27)/b23-12+. The van der Waals surface area contributed by atoms with E-state index in [2.05, 4.69) is 15.5 Å². The Hall–Kier alpha value is -4.21. The van der Waals surface area contributed by atoms with Crippen LogP contribution in [0.3, 0.4) is 0 Å². The van der Waals surface area contributed by atoms with E-state index in [0.717, 1.165) is 5.56 Å². The number of nitrogen functional groups attached to an aromatic ring is 1. The van der Waals surface area contributed by atoms with Gasteiger partial charge in [0.05, 0.1) is 6.21 Å². The van der Waals surface area contributed by atoms with Crippen molar-refractivity contribution >= 4 is 23.6 Å². The SMILES string of the molecule is Cc1ncc([N+](=O)[O-])n1CCOc1ccc(/C=N/NC(=O)c2ccc(N)cc2)cc1. The van der Waals surface area contributed by atoms with Crippen molar-refractivity contribution in [1.29, 1.82) is 0 Å². The number of benzene rings is 2. The molecule has 0 saturated heterocycles. The molecule has 0 aliphatic carbocycles. The molecule has 10 nitrogen and oxygen atoms in total. The summed E-state index contributed by atoms with van der Waals surface area (Å²) in [5.74, 6) is 0.759. The second-order valence-electron chi connectivity index (χ2n) is 6.31. The summed E-state index contributed by atoms with van der Waals surface area (Å²) in [4.78, 5) is 26.4. The van der Waals surface area contributed by atoms with Crippen molar-refractivity contribution in [1.82, 2.24) is 15.0 Å². The molecular weight excluding hydrogens is 388 g/mol. The van der Waals surface area contributed by atoms with Crippen LogP contribution in [-0.2, 0) is 6.54 Å². The molecule has 0 unspecified atom stereocenters. The van der Waals surface area contributed by atoms with Gasteiger partial charge in [-0.05, 0) is 59.0 Å². The number of nitrogens with two attached hydrogens (primary N) is 1. The number of hydrogen-bond donors (Lipinski definition) is 2. The number of hydrogen-bond acceptors (Lipinski definition) is 7. The van der Waals surface area contributed by atoms with Gasteiger partial charge in [0.25, 0.3) is 5.91 Å². The number of rotatable bonds is 8. The Morgan fingerprint density at radius 2 is 1.97 bits per heavy atom. The normalized spacial score (nSPS) is 10.8. The number of nitrogens with zero attached hydrogens (tertiary/aromatic N) is 4. The molecular formula is C20H20N6O4. The number of nitrogens with one attached hydrogen (secondary N) is 1. The van der Waals surface area contributed by atoms with E-state index in [1.165, 1.54) is 17.0 Å². The number of anilines is 1. The van der Waals surface area contributed by atoms with Crippen LogP contribution in [0.4, 0.5) is 11.5 Å². The van der Waals surface area contributed by atoms with Crippen molar-refractivity contribution in [2.75, 3.05) is 12.3 Å². The molecule has 1 heterocycles. The minimum Gasteiger partial charge on any atom is -0.489 e. The van der Waals surface area contributed by atoms with Gasteiger partial charge in [-0.1, -0.05) is 0 Å². The predicted molar refractivity (Wildman–Crippen MR) is 111 cm³/mol. The number of imidazole rings is 1. The molecule has 0 bridgehead atoms. The van der Waals surface area contributed by atoms with Gasteiger partial charge in [0.15, 0.2) is 5.82 Å². The van der Waals surface area contributed by atoms with Gasteiger partial charge in [0.2, 0.25) is 0 Å². The van der Waals surface area contributed by atoms with Gasteiger partial charge < -0.3 is 20.6 Å². The predicted octanol–water partition coefficient (Wildman–Crippen LogP) is 2.52. The first-order valence-corrected chi connectivity index (χ1v) is 9.02. The van der Waals surface area contributed by atoms with E-state index < -0.39 is 4.92 Å². The fourth-order valence-electron chi connectivity index (χ4n) is 2.65. The third-order valence-corrected chi connectivity index (χ3v) is 4.24. The number of nitro groups is 1. The van der Waals surface area contributed by atoms with Gasteiger partial charge in [-0.15, -0.1) is 0 Å². The number of carbonyl (C=O) groups excluding carboxylic acids is 1. The lowest BCUT2D eigenvalue weighted by molar-refractivity contribution is -0.392. The molecule has 3 N–H and O–H groups in total. The number of carbonyl (C=O) groups is 1. The van der Waals surface area contributed by atoms with Gasteiger partial charge in [-0.3, -0.25) is 4.79 Å². The van der Waals surface area contributed by atoms with Crippen molar-refractivity contribution in [3.05, 3.63) is 81.8 Å². The Morgan fingerprint density at radius 3 is 2.63 bits per heavy atom. The molecule has 0 atom stereocenters. The fraction of sp³-hybridized carbons (Fsp3) is 0.150. The van der Waals surface area contributed by atoms with Crippen LogP contribution in [0.5, 0.6) is 5.75 Å². The summed E-state index contributed by atoms with van der Waals surface area (Å²) < 4.78 is 7.13. The van der Waals surface area contributed by atoms with Crippen LogP contribution in [0.15, 0.2) is 59.8 Å². The van der Waals surface area contributed by atoms with Crippen LogP contribution in [-0.4, -0.2) is 33.2 Å². The molecule has 0 aliphatic rings. The zero-order chi connectivity index (χ0) is 21.5. The second-order valence-corrected chi connectivity index (χ2v) is 6.31. The highest BCUT2D eigenvalue weighted by Crippen LogP contribution is 2.15. The zero-order valence-electron chi connectivity index (χ0n) is 16.2. The summed E-state index contributed by atoms with van der Waals surface area (Å²) in [5.41, 5.74) is 9.84. The molecule has 0 aliphatic heterocycles. The van der Waals surface area contributed by atoms with Gasteiger partial charge >= 0.3 is 5.82 Å². The number of amides is 1. The van der Waals surface area contributed by atoms with Gasteiger partial charge in [0.1, 0.15) is 25.1 Å². The molecule has 10 heteroatoms. The van der Waals surface area contributed by atoms with Crippen molar-refractivity contribution in [3.8, 4) is 5.75 Å². The number of ether oxygens (including phenoxy) is 1. The molecule has 154 valence electrons. The highest BCUT2D eigenvalue weighted by Gasteiger charge is 2.16. The lowest BCUT2D eigenvalue weighted by atomic mass is 10.2. The second kappa shape index (κ2) is 9.32. The molecule has 1 amide bonds. The maximum absolute atomic E-state index is 12.0. The highest BCUT2D eigenvalue weighted by molar-refractivity contribution is 5.95. The molecule has 1 aromatic heterocycles. The Bertz CT molecular complexity index is 1060. The summed E-state index contributed by atoms with van der Waals surface area (Å²) in [5, 5.41) is 14.9. The minimum absolute atomic E-state index is 0.0660. The molecule has 0 radical (unpaired) electrons. The van der Waals surface area contributed by atoms with Crippen LogP contribution >= 0.6 is 0 Å². The quantitative estimate of drug-likeness (QED) is 0.254. The first-order chi connectivity index (χ1) is 14.4. The molecule has 3 rings (SSSR count). The average molecular weight is 408 g/mol. The van der Waals surface area contributed by atoms with Crippen LogP contribution < -0.4 is 15.9 Å². The first kappa shape index (κ1) is 20.5. The Labute approximate surface area is 172 Å². The molecule has 0 saturated carbocycles. The lowest BCUT2D eigenvalue weighted by Gasteiger charge is -2.06. The topological polar surface area (TPSA) is 138 Å². The van der Waals surface area contributed by atoms with E-state index in [-0.39, 0.29) is 18.3 Å². The zero-order valence-corrected chi connectivity index (χ0v) is 16.2. The highest BCUT2D eigenvalue weighted by atomic mass is 16.6. The third-order valence-electron chi connectivity index (χ3n) is 4.24. The first-order valence-electron chi connectivity index (χ1n) is 9.02. The van der Waals surface area contributed by atoms with Crippen molar-refractivity contribution < 1.29 is 14.5 Å². The van der Waals surface area contributed by atoms with Crippen LogP contribution in [0.25, 0.3) is 0 Å². The van der Waals surface area contributed by atoms with E-state index in [9.17, 15) is 14.9 Å². The minimum atomic E-state index is -0.472. The summed E-state index contributed by atoms with van der Waals surface area (Å²) in [6.07, 6.45) is 2.74. The lowest BCUT2D eigenvalue weighted by Crippen LogP contribution is -2.17. The molecule has 30 heavy (non-hydrogen) atoms. The van der Waals surface area contributed by atoms with Gasteiger partial charge in [0, 0.05) is 18.2 Å². The van der Waals surface area contributed by atoms with Crippen LogP contribution in [0, 0.1) is 17.0 Å². The van der Waals surface area contributed by atoms with E-state index >= 15 is 0 Å². The summed E-state index contributed by atoms with van der Waals surface area (Å²) in [6, 6.07) is 13.6. The van der Waals surface area contributed by atoms with E-state index in [4.69, 9.17) is 10.5 Å². The number of aromatic nitrogens is 2. The van der Waals surface area contributed by atoms with E-state index in [1.807, 2.05) is 0 Å². The van der Waals surface area contributed by atoms with Gasteiger partial charge in [-0.2, -0.15) is 5.10 Å². The smallest absolute Gasteiger partial charge is 0.342 e. The maximum atomic E-state index is 12.0. The van der Waals surface area contributed by atoms with Gasteiger partial charge in [-0.25, -0.2) is 15.0 Å². The van der Waals surface area contributed by atoms with Crippen molar-refractivity contribution in [3.63, 3.8) is 0 Å². The summed E-state index contributed by atoms with van der Waals surface area (Å²) in [7, 11) is 0. The average Bonchev–Trinajstić information content (AvgIpc) is 3.10. The maximum Gasteiger partial charge on any atom is 0.342 e. The molecule has 0 spiro atoms. The molecule has 2 aromatic carbocycles. The van der Waals surface area contributed by atoms with Crippen LogP contribution in [0.1, 0.15) is 21.7 Å². The van der Waals surface area contributed by atoms with Crippen molar-refractivity contribution in [2.45, 2.75) is 13.5 Å². The Kier molecular flexibility index (Phi) is 6.38. The molecule has 0 fully saturated rings. The largest absolute Gasteiger partial charge is 0.489 e. The number of hydrazone groups is 1. The Balaban J connectivity index is 1.49. The van der Waals surface area contributed by atoms with Crippen molar-refractivity contribution in [2.24, 2.45) is 5.10 Å². The summed E-state index contributed by atoms with van der Waals surface area (Å²) in [6.45, 7) is 2.26. The summed E-state index contributed by atoms with van der Waals surface area (Å²) >= 11 is 0. The number of aryl methyl sites for hydroxylation is 1. The third kappa shape index (κ3) is 5.19. The van der Waals surface area contributed by atoms with E-state index in [1.54, 1.807) is 55.5 Å². The van der Waals surface area contributed by atoms with Crippen LogP contribution in [0.2, 0.25) is 0 Å². The molecule has 3 aromatic rings. The van der Waals surface area contributed by atoms with E-state index in [0.29, 0.717) is 29.4 Å². The fourth-order valence-corrected chi connectivity index (χ4v) is 2.65. The Morgan fingerprint density at radius 1 is 1.27 bits per heavy atom. The monoisotopic (exact) mass is 408 g/mol.